The molecule has 0 atom stereocenters. The van der Waals surface area contributed by atoms with Crippen LogP contribution in [0.4, 0.5) is 0 Å². The zero-order valence-electron chi connectivity index (χ0n) is 11.2. The summed E-state index contributed by atoms with van der Waals surface area (Å²) in [6.45, 7) is 9.12. The van der Waals surface area contributed by atoms with Crippen molar-refractivity contribution in [3.8, 4) is 0 Å². The summed E-state index contributed by atoms with van der Waals surface area (Å²) in [6, 6.07) is 0. The van der Waals surface area contributed by atoms with E-state index < -0.39 is 0 Å². The normalized spacial score (nSPS) is 21.4. The van der Waals surface area contributed by atoms with Gasteiger partial charge in [0.05, 0.1) is 0 Å². The van der Waals surface area contributed by atoms with E-state index in [2.05, 4.69) is 40.7 Å². The maximum absolute atomic E-state index is 4.38. The molecule has 2 rings (SSSR count). The van der Waals surface area contributed by atoms with Crippen molar-refractivity contribution in [3.05, 3.63) is 18.2 Å². The Morgan fingerprint density at radius 3 is 3.00 bits per heavy atom. The van der Waals surface area contributed by atoms with Gasteiger partial charge in [-0.1, -0.05) is 0 Å². The third-order valence-corrected chi connectivity index (χ3v) is 3.45. The Labute approximate surface area is 104 Å². The third-order valence-electron chi connectivity index (χ3n) is 3.45. The molecule has 0 spiro atoms. The van der Waals surface area contributed by atoms with Crippen molar-refractivity contribution < 1.29 is 0 Å². The van der Waals surface area contributed by atoms with Crippen LogP contribution in [0.25, 0.3) is 0 Å². The number of imidazole rings is 1. The van der Waals surface area contributed by atoms with E-state index in [9.17, 15) is 0 Å². The fourth-order valence-corrected chi connectivity index (χ4v) is 2.51. The largest absolute Gasteiger partial charge is 0.338 e. The van der Waals surface area contributed by atoms with Gasteiger partial charge in [-0.25, -0.2) is 4.98 Å². The molecule has 0 aliphatic carbocycles. The highest BCUT2D eigenvalue weighted by Gasteiger charge is 2.23. The number of nitrogens with zero attached hydrogens (tertiary/aromatic N) is 3. The molecule has 1 aliphatic rings. The van der Waals surface area contributed by atoms with E-state index in [1.807, 2.05) is 12.4 Å². The first-order valence-corrected chi connectivity index (χ1v) is 6.50. The molecule has 1 aromatic heterocycles. The van der Waals surface area contributed by atoms with Crippen LogP contribution in [0.15, 0.2) is 12.4 Å². The molecule has 17 heavy (non-hydrogen) atoms. The summed E-state index contributed by atoms with van der Waals surface area (Å²) in [6.07, 6.45) is 6.18. The molecule has 1 fully saturated rings. The molecular formula is C13H24N4. The predicted molar refractivity (Wildman–Crippen MR) is 70.1 cm³/mol. The van der Waals surface area contributed by atoms with Crippen LogP contribution >= 0.6 is 0 Å². The first-order chi connectivity index (χ1) is 8.07. The lowest BCUT2D eigenvalue weighted by Crippen LogP contribution is -2.46. The average molecular weight is 236 g/mol. The minimum Gasteiger partial charge on any atom is -0.338 e. The maximum Gasteiger partial charge on any atom is 0.109 e. The van der Waals surface area contributed by atoms with E-state index in [1.54, 1.807) is 0 Å². The number of hydrogen-bond acceptors (Lipinski definition) is 3. The summed E-state index contributed by atoms with van der Waals surface area (Å²) < 4.78 is 2.11. The van der Waals surface area contributed by atoms with Gasteiger partial charge in [-0.2, -0.15) is 0 Å². The Kier molecular flexibility index (Phi) is 3.84. The second-order valence-electron chi connectivity index (χ2n) is 5.64. The molecule has 1 aromatic rings. The first-order valence-electron chi connectivity index (χ1n) is 6.50. The van der Waals surface area contributed by atoms with Crippen molar-refractivity contribution in [2.75, 3.05) is 26.2 Å². The van der Waals surface area contributed by atoms with Gasteiger partial charge in [0.1, 0.15) is 5.82 Å². The van der Waals surface area contributed by atoms with Crippen molar-refractivity contribution in [2.24, 2.45) is 7.05 Å². The lowest BCUT2D eigenvalue weighted by Gasteiger charge is -2.29. The van der Waals surface area contributed by atoms with Crippen molar-refractivity contribution in [1.29, 1.82) is 0 Å². The zero-order valence-corrected chi connectivity index (χ0v) is 11.2. The number of hydrogen-bond donors (Lipinski definition) is 1. The van der Waals surface area contributed by atoms with Gasteiger partial charge in [0.2, 0.25) is 0 Å². The summed E-state index contributed by atoms with van der Waals surface area (Å²) in [5, 5.41) is 3.59. The topological polar surface area (TPSA) is 33.1 Å². The van der Waals surface area contributed by atoms with Gasteiger partial charge in [-0.3, -0.25) is 0 Å². The minimum atomic E-state index is 0.234. The van der Waals surface area contributed by atoms with Crippen molar-refractivity contribution in [3.63, 3.8) is 0 Å². The molecule has 2 heterocycles. The molecule has 4 nitrogen and oxygen atoms in total. The van der Waals surface area contributed by atoms with E-state index in [-0.39, 0.29) is 5.54 Å². The van der Waals surface area contributed by atoms with Crippen molar-refractivity contribution in [2.45, 2.75) is 32.2 Å². The molecule has 0 radical (unpaired) electrons. The van der Waals surface area contributed by atoms with Gasteiger partial charge < -0.3 is 14.8 Å². The van der Waals surface area contributed by atoms with Gasteiger partial charge in [-0.05, 0) is 33.4 Å². The predicted octanol–water partition coefficient (Wildman–Crippen LogP) is 1.04. The molecular weight excluding hydrogens is 212 g/mol. The Hall–Kier alpha value is -0.870. The number of aryl methyl sites for hydroxylation is 1. The molecule has 1 N–H and O–H groups in total. The second kappa shape index (κ2) is 5.19. The summed E-state index contributed by atoms with van der Waals surface area (Å²) in [4.78, 5) is 6.93. The highest BCUT2D eigenvalue weighted by molar-refractivity contribution is 4.93. The van der Waals surface area contributed by atoms with Crippen molar-refractivity contribution >= 4 is 0 Å². The minimum absolute atomic E-state index is 0.234. The van der Waals surface area contributed by atoms with Crippen LogP contribution in [0.5, 0.6) is 0 Å². The maximum atomic E-state index is 4.38. The highest BCUT2D eigenvalue weighted by Crippen LogP contribution is 2.11. The number of rotatable bonds is 3. The van der Waals surface area contributed by atoms with Gasteiger partial charge in [0.25, 0.3) is 0 Å². The molecule has 0 amide bonds. The monoisotopic (exact) mass is 236 g/mol. The highest BCUT2D eigenvalue weighted by atomic mass is 15.2. The Morgan fingerprint density at radius 1 is 1.47 bits per heavy atom. The van der Waals surface area contributed by atoms with Crippen molar-refractivity contribution in [1.82, 2.24) is 19.8 Å². The third kappa shape index (κ3) is 3.54. The number of aromatic nitrogens is 2. The Balaban J connectivity index is 1.88. The van der Waals surface area contributed by atoms with E-state index in [4.69, 9.17) is 0 Å². The Bertz CT molecular complexity index is 356. The summed E-state index contributed by atoms with van der Waals surface area (Å²) in [7, 11) is 2.07. The van der Waals surface area contributed by atoms with Crippen LogP contribution in [0.2, 0.25) is 0 Å². The van der Waals surface area contributed by atoms with Crippen LogP contribution in [0.1, 0.15) is 26.1 Å². The zero-order chi connectivity index (χ0) is 12.3. The molecule has 1 aliphatic heterocycles. The summed E-state index contributed by atoms with van der Waals surface area (Å²) >= 11 is 0. The SMILES string of the molecule is Cn1ccnc1CCN1CCCNC(C)(C)C1. The van der Waals surface area contributed by atoms with E-state index >= 15 is 0 Å². The molecule has 0 bridgehead atoms. The standard InChI is InChI=1S/C13H24N4/c1-13(2)11-17(8-4-6-15-13)9-5-12-14-7-10-16(12)3/h7,10,15H,4-6,8-9,11H2,1-3H3. The summed E-state index contributed by atoms with van der Waals surface area (Å²) in [5.74, 6) is 1.18. The van der Waals surface area contributed by atoms with Crippen LogP contribution in [0.3, 0.4) is 0 Å². The van der Waals surface area contributed by atoms with E-state index in [0.717, 1.165) is 26.1 Å². The van der Waals surface area contributed by atoms with Gasteiger partial charge >= 0.3 is 0 Å². The average Bonchev–Trinajstić information content (AvgIpc) is 2.57. The van der Waals surface area contributed by atoms with Gasteiger partial charge in [0.15, 0.2) is 0 Å². The Morgan fingerprint density at radius 2 is 2.29 bits per heavy atom. The van der Waals surface area contributed by atoms with Crippen LogP contribution in [-0.2, 0) is 13.5 Å². The fourth-order valence-electron chi connectivity index (χ4n) is 2.51. The van der Waals surface area contributed by atoms with Crippen LogP contribution < -0.4 is 5.32 Å². The fraction of sp³-hybridized carbons (Fsp3) is 0.769. The van der Waals surface area contributed by atoms with Gasteiger partial charge in [0, 0.05) is 44.5 Å². The quantitative estimate of drug-likeness (QED) is 0.851. The molecule has 0 saturated carbocycles. The second-order valence-corrected chi connectivity index (χ2v) is 5.64. The first kappa shape index (κ1) is 12.6. The smallest absolute Gasteiger partial charge is 0.109 e. The van der Waals surface area contributed by atoms with Crippen LogP contribution in [0, 0.1) is 0 Å². The molecule has 0 aromatic carbocycles. The lowest BCUT2D eigenvalue weighted by molar-refractivity contribution is 0.232. The molecule has 0 unspecified atom stereocenters. The van der Waals surface area contributed by atoms with E-state index in [1.165, 1.54) is 18.8 Å². The lowest BCUT2D eigenvalue weighted by atomic mass is 10.1. The molecule has 96 valence electrons. The summed E-state index contributed by atoms with van der Waals surface area (Å²) in [5.41, 5.74) is 0.234. The van der Waals surface area contributed by atoms with Gasteiger partial charge in [-0.15, -0.1) is 0 Å². The number of nitrogens with one attached hydrogen (secondary N) is 1. The van der Waals surface area contributed by atoms with Crippen LogP contribution in [-0.4, -0.2) is 46.2 Å². The molecule has 4 heteroatoms. The molecule has 1 saturated heterocycles. The van der Waals surface area contributed by atoms with E-state index in [0.29, 0.717) is 0 Å².